The van der Waals surface area contributed by atoms with Gasteiger partial charge in [-0.15, -0.1) is 0 Å². The molecule has 120 valence electrons. The van der Waals surface area contributed by atoms with E-state index in [0.29, 0.717) is 24.5 Å². The number of benzene rings is 1. The van der Waals surface area contributed by atoms with Crippen molar-refractivity contribution >= 4 is 11.9 Å². The van der Waals surface area contributed by atoms with E-state index in [9.17, 15) is 9.59 Å². The number of para-hydroxylation sites is 1. The fourth-order valence-electron chi connectivity index (χ4n) is 2.49. The van der Waals surface area contributed by atoms with Crippen LogP contribution < -0.4 is 10.1 Å². The van der Waals surface area contributed by atoms with Crippen LogP contribution in [-0.4, -0.2) is 45.4 Å². The van der Waals surface area contributed by atoms with Gasteiger partial charge in [-0.05, 0) is 25.0 Å². The van der Waals surface area contributed by atoms with Gasteiger partial charge in [-0.25, -0.2) is 4.79 Å². The molecule has 22 heavy (non-hydrogen) atoms. The molecule has 0 unspecified atom stereocenters. The molecule has 6 nitrogen and oxygen atoms in total. The van der Waals surface area contributed by atoms with Crippen molar-refractivity contribution in [3.63, 3.8) is 0 Å². The van der Waals surface area contributed by atoms with Crippen molar-refractivity contribution in [2.45, 2.75) is 18.9 Å². The number of rotatable bonds is 5. The van der Waals surface area contributed by atoms with Crippen LogP contribution in [0.5, 0.6) is 5.75 Å². The predicted octanol–water partition coefficient (Wildman–Crippen LogP) is 1.39. The maximum atomic E-state index is 11.7. The van der Waals surface area contributed by atoms with Crippen LogP contribution in [0.15, 0.2) is 24.3 Å². The summed E-state index contributed by atoms with van der Waals surface area (Å²) in [6.45, 7) is 1.02. The van der Waals surface area contributed by atoms with Crippen LogP contribution in [0.3, 0.4) is 0 Å². The number of methoxy groups -OCH3 is 2. The van der Waals surface area contributed by atoms with Gasteiger partial charge in [-0.2, -0.15) is 0 Å². The van der Waals surface area contributed by atoms with Crippen molar-refractivity contribution in [1.29, 1.82) is 0 Å². The zero-order valence-electron chi connectivity index (χ0n) is 12.8. The summed E-state index contributed by atoms with van der Waals surface area (Å²) in [4.78, 5) is 23.1. The van der Waals surface area contributed by atoms with Crippen molar-refractivity contribution in [2.75, 3.05) is 27.4 Å². The molecule has 1 aromatic carbocycles. The normalized spacial score (nSPS) is 21.0. The molecule has 1 fully saturated rings. The average molecular weight is 307 g/mol. The van der Waals surface area contributed by atoms with Gasteiger partial charge in [-0.3, -0.25) is 4.79 Å². The summed E-state index contributed by atoms with van der Waals surface area (Å²) in [5, 5.41) is 3.28. The number of nitrogens with one attached hydrogen (secondary N) is 1. The number of esters is 2. The van der Waals surface area contributed by atoms with E-state index in [1.54, 1.807) is 18.2 Å². The number of piperidine rings is 1. The Morgan fingerprint density at radius 3 is 2.59 bits per heavy atom. The minimum atomic E-state index is -0.419. The first kappa shape index (κ1) is 16.3. The van der Waals surface area contributed by atoms with E-state index in [2.05, 4.69) is 5.32 Å². The summed E-state index contributed by atoms with van der Waals surface area (Å²) in [6.07, 6.45) is 1.59. The summed E-state index contributed by atoms with van der Waals surface area (Å²) in [7, 11) is 2.75. The lowest BCUT2D eigenvalue weighted by atomic mass is 9.95. The summed E-state index contributed by atoms with van der Waals surface area (Å²) in [5.74, 6) is -0.185. The number of carbonyl (C=O) groups excluding carboxylic acids is 2. The summed E-state index contributed by atoms with van der Waals surface area (Å²) >= 11 is 0. The highest BCUT2D eigenvalue weighted by Gasteiger charge is 2.27. The van der Waals surface area contributed by atoms with Crippen molar-refractivity contribution in [1.82, 2.24) is 5.32 Å². The SMILES string of the molecule is COC(=O)c1ccccc1OC[C@H]1CC[C@H](C(=O)OC)CN1. The van der Waals surface area contributed by atoms with Crippen molar-refractivity contribution < 1.29 is 23.8 Å². The van der Waals surface area contributed by atoms with E-state index < -0.39 is 5.97 Å². The number of hydrogen-bond acceptors (Lipinski definition) is 6. The van der Waals surface area contributed by atoms with Crippen LogP contribution in [0.2, 0.25) is 0 Å². The monoisotopic (exact) mass is 307 g/mol. The molecule has 2 atom stereocenters. The number of ether oxygens (including phenoxy) is 3. The van der Waals surface area contributed by atoms with Gasteiger partial charge in [0.05, 0.1) is 20.1 Å². The standard InChI is InChI=1S/C16H21NO5/c1-20-15(18)11-7-8-12(17-9-11)10-22-14-6-4-3-5-13(14)16(19)21-2/h3-6,11-12,17H,7-10H2,1-2H3/t11-,12+/m0/s1. The van der Waals surface area contributed by atoms with Crippen molar-refractivity contribution in [3.05, 3.63) is 29.8 Å². The quantitative estimate of drug-likeness (QED) is 0.829. The Kier molecular flexibility index (Phi) is 5.77. The molecule has 0 radical (unpaired) electrons. The first-order chi connectivity index (χ1) is 10.7. The molecule has 2 rings (SSSR count). The number of carbonyl (C=O) groups is 2. The van der Waals surface area contributed by atoms with Crippen LogP contribution in [-0.2, 0) is 14.3 Å². The molecular weight excluding hydrogens is 286 g/mol. The van der Waals surface area contributed by atoms with Crippen LogP contribution in [0.1, 0.15) is 23.2 Å². The second kappa shape index (κ2) is 7.79. The molecule has 1 heterocycles. The Hall–Kier alpha value is -2.08. The van der Waals surface area contributed by atoms with Crippen LogP contribution in [0.25, 0.3) is 0 Å². The Morgan fingerprint density at radius 1 is 1.18 bits per heavy atom. The first-order valence-electron chi connectivity index (χ1n) is 7.27. The molecule has 0 amide bonds. The molecule has 0 aliphatic carbocycles. The molecule has 0 aromatic heterocycles. The fraction of sp³-hybridized carbons (Fsp3) is 0.500. The first-order valence-corrected chi connectivity index (χ1v) is 7.27. The van der Waals surface area contributed by atoms with Crippen LogP contribution in [0.4, 0.5) is 0 Å². The molecule has 0 bridgehead atoms. The van der Waals surface area contributed by atoms with Crippen molar-refractivity contribution in [3.8, 4) is 5.75 Å². The predicted molar refractivity (Wildman–Crippen MR) is 79.8 cm³/mol. The van der Waals surface area contributed by atoms with Crippen LogP contribution >= 0.6 is 0 Å². The Labute approximate surface area is 129 Å². The fourth-order valence-corrected chi connectivity index (χ4v) is 2.49. The molecule has 1 aliphatic rings. The third-order valence-electron chi connectivity index (χ3n) is 3.78. The lowest BCUT2D eigenvalue weighted by Crippen LogP contribution is -2.44. The third-order valence-corrected chi connectivity index (χ3v) is 3.78. The third kappa shape index (κ3) is 3.98. The molecule has 1 aromatic rings. The zero-order chi connectivity index (χ0) is 15.9. The van der Waals surface area contributed by atoms with E-state index >= 15 is 0 Å². The summed E-state index contributed by atoms with van der Waals surface area (Å²) in [6, 6.07) is 7.13. The summed E-state index contributed by atoms with van der Waals surface area (Å²) in [5.41, 5.74) is 0.410. The molecular formula is C16H21NO5. The smallest absolute Gasteiger partial charge is 0.341 e. The van der Waals surface area contributed by atoms with Gasteiger partial charge in [0.2, 0.25) is 0 Å². The average Bonchev–Trinajstić information content (AvgIpc) is 2.59. The van der Waals surface area contributed by atoms with Gasteiger partial charge in [0.25, 0.3) is 0 Å². The number of hydrogen-bond donors (Lipinski definition) is 1. The second-order valence-electron chi connectivity index (χ2n) is 5.20. The minimum absolute atomic E-state index is 0.0939. The summed E-state index contributed by atoms with van der Waals surface area (Å²) < 4.78 is 15.2. The second-order valence-corrected chi connectivity index (χ2v) is 5.20. The van der Waals surface area contributed by atoms with Gasteiger partial charge in [0.15, 0.2) is 0 Å². The molecule has 1 N–H and O–H groups in total. The molecule has 0 spiro atoms. The molecule has 6 heteroatoms. The van der Waals surface area contributed by atoms with E-state index in [-0.39, 0.29) is 17.9 Å². The highest BCUT2D eigenvalue weighted by atomic mass is 16.5. The lowest BCUT2D eigenvalue weighted by Gasteiger charge is -2.28. The minimum Gasteiger partial charge on any atom is -0.491 e. The Balaban J connectivity index is 1.87. The van der Waals surface area contributed by atoms with E-state index in [1.807, 2.05) is 6.07 Å². The van der Waals surface area contributed by atoms with Gasteiger partial charge >= 0.3 is 11.9 Å². The molecule has 0 saturated carbocycles. The van der Waals surface area contributed by atoms with Crippen molar-refractivity contribution in [2.24, 2.45) is 5.92 Å². The van der Waals surface area contributed by atoms with Gasteiger partial charge in [0, 0.05) is 12.6 Å². The maximum absolute atomic E-state index is 11.7. The highest BCUT2D eigenvalue weighted by Crippen LogP contribution is 2.21. The topological polar surface area (TPSA) is 73.9 Å². The van der Waals surface area contributed by atoms with Gasteiger partial charge < -0.3 is 19.5 Å². The van der Waals surface area contributed by atoms with Gasteiger partial charge in [0.1, 0.15) is 17.9 Å². The zero-order valence-corrected chi connectivity index (χ0v) is 12.8. The highest BCUT2D eigenvalue weighted by molar-refractivity contribution is 5.92. The molecule has 1 aliphatic heterocycles. The van der Waals surface area contributed by atoms with Crippen LogP contribution in [0, 0.1) is 5.92 Å². The Bertz CT molecular complexity index is 523. The largest absolute Gasteiger partial charge is 0.491 e. The van der Waals surface area contributed by atoms with Gasteiger partial charge in [-0.1, -0.05) is 12.1 Å². The van der Waals surface area contributed by atoms with E-state index in [0.717, 1.165) is 12.8 Å². The Morgan fingerprint density at radius 2 is 1.95 bits per heavy atom. The lowest BCUT2D eigenvalue weighted by molar-refractivity contribution is -0.146. The van der Waals surface area contributed by atoms with E-state index in [1.165, 1.54) is 14.2 Å². The van der Waals surface area contributed by atoms with E-state index in [4.69, 9.17) is 14.2 Å². The maximum Gasteiger partial charge on any atom is 0.341 e. The molecule has 1 saturated heterocycles.